The Kier molecular flexibility index (Phi) is 5.40. The first-order chi connectivity index (χ1) is 12.6. The standard InChI is InChI=1S/C23H19NO2/c1-17-12-14-21(20(16-17)23(26)19-10-6-3-7-11-19)24-22(25)15-13-18-8-4-2-5-9-18/h2-16H,1H3,(H,24,25)/b15-13+. The van der Waals surface area contributed by atoms with E-state index in [2.05, 4.69) is 5.32 Å². The number of anilines is 1. The second-order valence-corrected chi connectivity index (χ2v) is 5.98. The lowest BCUT2D eigenvalue weighted by molar-refractivity contribution is -0.111. The summed E-state index contributed by atoms with van der Waals surface area (Å²) in [6, 6.07) is 24.1. The highest BCUT2D eigenvalue weighted by molar-refractivity contribution is 6.15. The maximum absolute atomic E-state index is 12.8. The van der Waals surface area contributed by atoms with E-state index in [1.165, 1.54) is 6.08 Å². The van der Waals surface area contributed by atoms with Gasteiger partial charge in [0.1, 0.15) is 0 Å². The predicted molar refractivity (Wildman–Crippen MR) is 105 cm³/mol. The average molecular weight is 341 g/mol. The molecule has 0 radical (unpaired) electrons. The molecular formula is C23H19NO2. The minimum atomic E-state index is -0.278. The zero-order valence-corrected chi connectivity index (χ0v) is 14.5. The number of hydrogen-bond acceptors (Lipinski definition) is 2. The molecule has 0 aromatic heterocycles. The Morgan fingerprint density at radius 1 is 0.846 bits per heavy atom. The number of ketones is 1. The van der Waals surface area contributed by atoms with Crippen LogP contribution in [-0.2, 0) is 4.79 Å². The Hall–Kier alpha value is -3.46. The molecule has 3 nitrogen and oxygen atoms in total. The van der Waals surface area contributed by atoms with Gasteiger partial charge in [0.15, 0.2) is 5.78 Å². The van der Waals surface area contributed by atoms with E-state index < -0.39 is 0 Å². The van der Waals surface area contributed by atoms with Gasteiger partial charge in [0.05, 0.1) is 5.69 Å². The lowest BCUT2D eigenvalue weighted by Gasteiger charge is -2.10. The largest absolute Gasteiger partial charge is 0.322 e. The number of hydrogen-bond donors (Lipinski definition) is 1. The summed E-state index contributed by atoms with van der Waals surface area (Å²) in [7, 11) is 0. The van der Waals surface area contributed by atoms with E-state index in [0.29, 0.717) is 16.8 Å². The molecule has 3 aromatic rings. The molecular weight excluding hydrogens is 322 g/mol. The number of carbonyl (C=O) groups is 2. The lowest BCUT2D eigenvalue weighted by Crippen LogP contribution is -2.13. The Morgan fingerprint density at radius 2 is 1.50 bits per heavy atom. The van der Waals surface area contributed by atoms with E-state index in [4.69, 9.17) is 0 Å². The van der Waals surface area contributed by atoms with Crippen molar-refractivity contribution in [1.82, 2.24) is 0 Å². The molecule has 3 aromatic carbocycles. The average Bonchev–Trinajstić information content (AvgIpc) is 2.69. The first-order valence-electron chi connectivity index (χ1n) is 8.38. The number of benzene rings is 3. The molecule has 0 saturated heterocycles. The van der Waals surface area contributed by atoms with E-state index in [9.17, 15) is 9.59 Å². The summed E-state index contributed by atoms with van der Waals surface area (Å²) < 4.78 is 0. The summed E-state index contributed by atoms with van der Waals surface area (Å²) >= 11 is 0. The molecule has 0 spiro atoms. The van der Waals surface area contributed by atoms with Crippen molar-refractivity contribution < 1.29 is 9.59 Å². The fraction of sp³-hybridized carbons (Fsp3) is 0.0435. The highest BCUT2D eigenvalue weighted by Gasteiger charge is 2.14. The molecule has 1 amide bonds. The van der Waals surface area contributed by atoms with Crippen molar-refractivity contribution >= 4 is 23.5 Å². The highest BCUT2D eigenvalue weighted by Crippen LogP contribution is 2.21. The Labute approximate surface area is 153 Å². The molecule has 0 atom stereocenters. The quantitative estimate of drug-likeness (QED) is 0.531. The number of carbonyl (C=O) groups excluding carboxylic acids is 2. The van der Waals surface area contributed by atoms with Crippen LogP contribution in [0.15, 0.2) is 84.9 Å². The van der Waals surface area contributed by atoms with Gasteiger partial charge in [-0.1, -0.05) is 72.3 Å². The molecule has 0 aliphatic carbocycles. The van der Waals surface area contributed by atoms with Crippen LogP contribution in [0, 0.1) is 6.92 Å². The number of aryl methyl sites for hydroxylation is 1. The fourth-order valence-corrected chi connectivity index (χ4v) is 2.61. The van der Waals surface area contributed by atoms with Crippen molar-refractivity contribution in [3.63, 3.8) is 0 Å². The van der Waals surface area contributed by atoms with Crippen molar-refractivity contribution in [1.29, 1.82) is 0 Å². The second-order valence-electron chi connectivity index (χ2n) is 5.98. The first-order valence-corrected chi connectivity index (χ1v) is 8.38. The highest BCUT2D eigenvalue weighted by atomic mass is 16.1. The van der Waals surface area contributed by atoms with E-state index in [-0.39, 0.29) is 11.7 Å². The van der Waals surface area contributed by atoms with Crippen LogP contribution in [-0.4, -0.2) is 11.7 Å². The molecule has 0 fully saturated rings. The van der Waals surface area contributed by atoms with Crippen molar-refractivity contribution in [2.45, 2.75) is 6.92 Å². The van der Waals surface area contributed by atoms with Gasteiger partial charge in [-0.25, -0.2) is 0 Å². The molecule has 0 aliphatic heterocycles. The number of nitrogens with one attached hydrogen (secondary N) is 1. The van der Waals surface area contributed by atoms with Crippen molar-refractivity contribution in [2.24, 2.45) is 0 Å². The van der Waals surface area contributed by atoms with Gasteiger partial charge < -0.3 is 5.32 Å². The smallest absolute Gasteiger partial charge is 0.248 e. The maximum Gasteiger partial charge on any atom is 0.248 e. The molecule has 0 bridgehead atoms. The summed E-state index contributed by atoms with van der Waals surface area (Å²) in [6.07, 6.45) is 3.20. The van der Waals surface area contributed by atoms with Crippen molar-refractivity contribution in [3.8, 4) is 0 Å². The SMILES string of the molecule is Cc1ccc(NC(=O)/C=C/c2ccccc2)c(C(=O)c2ccccc2)c1. The summed E-state index contributed by atoms with van der Waals surface area (Å²) in [5.74, 6) is -0.392. The molecule has 0 unspecified atom stereocenters. The van der Waals surface area contributed by atoms with Crippen molar-refractivity contribution in [2.75, 3.05) is 5.32 Å². The summed E-state index contributed by atoms with van der Waals surface area (Å²) in [4.78, 5) is 25.1. The number of rotatable bonds is 5. The van der Waals surface area contributed by atoms with E-state index in [0.717, 1.165) is 11.1 Å². The molecule has 3 heteroatoms. The zero-order chi connectivity index (χ0) is 18.4. The zero-order valence-electron chi connectivity index (χ0n) is 14.5. The first kappa shape index (κ1) is 17.4. The van der Waals surface area contributed by atoms with Crippen LogP contribution in [0.2, 0.25) is 0 Å². The van der Waals surface area contributed by atoms with Gasteiger partial charge in [0.25, 0.3) is 0 Å². The van der Waals surface area contributed by atoms with Crippen LogP contribution >= 0.6 is 0 Å². The third-order valence-electron chi connectivity index (χ3n) is 3.94. The third kappa shape index (κ3) is 4.33. The van der Waals surface area contributed by atoms with Crippen LogP contribution in [0.4, 0.5) is 5.69 Å². The molecule has 3 rings (SSSR count). The monoisotopic (exact) mass is 341 g/mol. The van der Waals surface area contributed by atoms with E-state index >= 15 is 0 Å². The van der Waals surface area contributed by atoms with Crippen LogP contribution in [0.25, 0.3) is 6.08 Å². The normalized spacial score (nSPS) is 10.7. The topological polar surface area (TPSA) is 46.2 Å². The van der Waals surface area contributed by atoms with Gasteiger partial charge in [-0.3, -0.25) is 9.59 Å². The van der Waals surface area contributed by atoms with Gasteiger partial charge in [-0.15, -0.1) is 0 Å². The van der Waals surface area contributed by atoms with Gasteiger partial charge in [0, 0.05) is 17.2 Å². The van der Waals surface area contributed by atoms with Crippen LogP contribution in [0.3, 0.4) is 0 Å². The van der Waals surface area contributed by atoms with Crippen LogP contribution < -0.4 is 5.32 Å². The maximum atomic E-state index is 12.8. The molecule has 128 valence electrons. The fourth-order valence-electron chi connectivity index (χ4n) is 2.61. The molecule has 1 N–H and O–H groups in total. The molecule has 0 aliphatic rings. The Balaban J connectivity index is 1.83. The summed E-state index contributed by atoms with van der Waals surface area (Å²) in [6.45, 7) is 1.92. The van der Waals surface area contributed by atoms with E-state index in [1.54, 1.807) is 30.3 Å². The summed E-state index contributed by atoms with van der Waals surface area (Å²) in [5, 5.41) is 2.81. The van der Waals surface area contributed by atoms with Crippen molar-refractivity contribution in [3.05, 3.63) is 107 Å². The van der Waals surface area contributed by atoms with E-state index in [1.807, 2.05) is 61.5 Å². The van der Waals surface area contributed by atoms with Gasteiger partial charge in [-0.2, -0.15) is 0 Å². The second kappa shape index (κ2) is 8.08. The third-order valence-corrected chi connectivity index (χ3v) is 3.94. The Bertz CT molecular complexity index is 944. The predicted octanol–water partition coefficient (Wildman–Crippen LogP) is 4.88. The molecule has 0 heterocycles. The number of amides is 1. The van der Waals surface area contributed by atoms with Gasteiger partial charge in [0.2, 0.25) is 5.91 Å². The minimum Gasteiger partial charge on any atom is -0.322 e. The van der Waals surface area contributed by atoms with Gasteiger partial charge in [-0.05, 0) is 30.7 Å². The van der Waals surface area contributed by atoms with Gasteiger partial charge >= 0.3 is 0 Å². The lowest BCUT2D eigenvalue weighted by atomic mass is 9.99. The molecule has 0 saturated carbocycles. The minimum absolute atomic E-state index is 0.114. The van der Waals surface area contributed by atoms with Crippen LogP contribution in [0.1, 0.15) is 27.0 Å². The summed E-state index contributed by atoms with van der Waals surface area (Å²) in [5.41, 5.74) is 3.48. The molecule has 26 heavy (non-hydrogen) atoms. The van der Waals surface area contributed by atoms with Crippen LogP contribution in [0.5, 0.6) is 0 Å². The Morgan fingerprint density at radius 3 is 2.19 bits per heavy atom.